The Balaban J connectivity index is 2.09. The van der Waals surface area contributed by atoms with Gasteiger partial charge in [-0.2, -0.15) is 0 Å². The summed E-state index contributed by atoms with van der Waals surface area (Å²) >= 11 is 5.12. The number of anilines is 1. The number of hydrogen-bond acceptors (Lipinski definition) is 3. The van der Waals surface area contributed by atoms with Gasteiger partial charge in [-0.25, -0.2) is 4.79 Å². The van der Waals surface area contributed by atoms with Gasteiger partial charge in [-0.15, -0.1) is 0 Å². The lowest BCUT2D eigenvalue weighted by atomic mass is 10.1. The van der Waals surface area contributed by atoms with Crippen LogP contribution in [-0.2, 0) is 0 Å². The average molecular weight is 328 g/mol. The first-order chi connectivity index (χ1) is 10.9. The molecular weight excluding hydrogens is 312 g/mol. The molecule has 1 amide bonds. The Hall–Kier alpha value is -2.73. The van der Waals surface area contributed by atoms with Crippen molar-refractivity contribution in [1.29, 1.82) is 0 Å². The Kier molecular flexibility index (Phi) is 5.08. The smallest absolute Gasteiger partial charge is 0.335 e. The minimum atomic E-state index is -1.03. The lowest BCUT2D eigenvalue weighted by Crippen LogP contribution is -2.34. The number of thiocarbonyl (C=S) groups is 1. The molecule has 2 aromatic carbocycles. The van der Waals surface area contributed by atoms with E-state index in [4.69, 9.17) is 17.3 Å². The van der Waals surface area contributed by atoms with E-state index < -0.39 is 5.97 Å². The van der Waals surface area contributed by atoms with E-state index in [0.717, 1.165) is 11.1 Å². The Bertz CT molecular complexity index is 787. The van der Waals surface area contributed by atoms with Crippen molar-refractivity contribution in [1.82, 2.24) is 5.32 Å². The highest BCUT2D eigenvalue weighted by molar-refractivity contribution is 7.80. The van der Waals surface area contributed by atoms with Crippen LogP contribution in [0.5, 0.6) is 0 Å². The second-order valence-corrected chi connectivity index (χ2v) is 5.52. The third-order valence-corrected chi connectivity index (χ3v) is 3.44. The summed E-state index contributed by atoms with van der Waals surface area (Å²) in [6, 6.07) is 11.8. The van der Waals surface area contributed by atoms with Gasteiger partial charge in [-0.3, -0.25) is 10.1 Å². The molecule has 0 aliphatic heterocycles. The fraction of sp³-hybridized carbons (Fsp3) is 0.118. The van der Waals surface area contributed by atoms with E-state index >= 15 is 0 Å². The maximum Gasteiger partial charge on any atom is 0.335 e. The minimum Gasteiger partial charge on any atom is -0.478 e. The number of carbonyl (C=O) groups excluding carboxylic acids is 1. The van der Waals surface area contributed by atoms with Crippen LogP contribution in [0.3, 0.4) is 0 Å². The average Bonchev–Trinajstić information content (AvgIpc) is 2.49. The lowest BCUT2D eigenvalue weighted by Gasteiger charge is -2.12. The molecule has 5 nitrogen and oxygen atoms in total. The number of amides is 1. The van der Waals surface area contributed by atoms with Crippen LogP contribution >= 0.6 is 12.2 Å². The molecule has 0 aromatic heterocycles. The van der Waals surface area contributed by atoms with E-state index in [9.17, 15) is 9.59 Å². The fourth-order valence-corrected chi connectivity index (χ4v) is 2.21. The number of rotatable bonds is 3. The molecule has 3 N–H and O–H groups in total. The molecule has 118 valence electrons. The summed E-state index contributed by atoms with van der Waals surface area (Å²) < 4.78 is 0. The van der Waals surface area contributed by atoms with Gasteiger partial charge in [0.2, 0.25) is 0 Å². The van der Waals surface area contributed by atoms with Crippen LogP contribution in [0.4, 0.5) is 5.69 Å². The number of carbonyl (C=O) groups is 2. The molecular formula is C17H16N2O3S. The van der Waals surface area contributed by atoms with E-state index in [1.54, 1.807) is 24.3 Å². The number of benzene rings is 2. The van der Waals surface area contributed by atoms with E-state index in [-0.39, 0.29) is 16.6 Å². The second-order valence-electron chi connectivity index (χ2n) is 5.11. The van der Waals surface area contributed by atoms with Crippen molar-refractivity contribution < 1.29 is 14.7 Å². The summed E-state index contributed by atoms with van der Waals surface area (Å²) in [5.74, 6) is -1.35. The molecule has 0 fully saturated rings. The molecule has 0 saturated carbocycles. The monoisotopic (exact) mass is 328 g/mol. The van der Waals surface area contributed by atoms with Gasteiger partial charge in [0.1, 0.15) is 0 Å². The molecule has 0 spiro atoms. The first-order valence-electron chi connectivity index (χ1n) is 6.90. The maximum atomic E-state index is 12.1. The molecule has 0 aliphatic rings. The van der Waals surface area contributed by atoms with Crippen molar-refractivity contribution in [3.63, 3.8) is 0 Å². The SMILES string of the molecule is Cc1cccc(C(=O)NC(=S)Nc2cc(C(=O)O)ccc2C)c1. The lowest BCUT2D eigenvalue weighted by molar-refractivity contribution is 0.0696. The number of hydrogen-bond donors (Lipinski definition) is 3. The van der Waals surface area contributed by atoms with Crippen LogP contribution in [-0.4, -0.2) is 22.1 Å². The van der Waals surface area contributed by atoms with Crippen LogP contribution in [0.2, 0.25) is 0 Å². The number of aromatic carboxylic acids is 1. The molecule has 2 aromatic rings. The van der Waals surface area contributed by atoms with Crippen molar-refractivity contribution in [2.24, 2.45) is 0 Å². The zero-order valence-electron chi connectivity index (χ0n) is 12.7. The van der Waals surface area contributed by atoms with Gasteiger partial charge >= 0.3 is 5.97 Å². The molecule has 0 aliphatic carbocycles. The van der Waals surface area contributed by atoms with Gasteiger partial charge in [0, 0.05) is 11.3 Å². The Morgan fingerprint density at radius 1 is 1.04 bits per heavy atom. The fourth-order valence-electron chi connectivity index (χ4n) is 2.00. The summed E-state index contributed by atoms with van der Waals surface area (Å²) in [6.45, 7) is 3.72. The topological polar surface area (TPSA) is 78.4 Å². The number of nitrogens with one attached hydrogen (secondary N) is 2. The molecule has 2 rings (SSSR count). The predicted molar refractivity (Wildman–Crippen MR) is 93.0 cm³/mol. The Labute approximate surface area is 139 Å². The number of carboxylic acids is 1. The van der Waals surface area contributed by atoms with E-state index in [1.165, 1.54) is 12.1 Å². The highest BCUT2D eigenvalue weighted by Crippen LogP contribution is 2.17. The van der Waals surface area contributed by atoms with Crippen LogP contribution in [0.1, 0.15) is 31.8 Å². The quantitative estimate of drug-likeness (QED) is 0.755. The molecule has 0 unspecified atom stereocenters. The van der Waals surface area contributed by atoms with Gasteiger partial charge in [-0.05, 0) is 55.9 Å². The van der Waals surface area contributed by atoms with E-state index in [0.29, 0.717) is 11.3 Å². The summed E-state index contributed by atoms with van der Waals surface area (Å²) in [6.07, 6.45) is 0. The van der Waals surface area contributed by atoms with Crippen molar-refractivity contribution in [3.8, 4) is 0 Å². The van der Waals surface area contributed by atoms with Crippen LogP contribution in [0.15, 0.2) is 42.5 Å². The third-order valence-electron chi connectivity index (χ3n) is 3.24. The number of carboxylic acid groups (broad SMARTS) is 1. The largest absolute Gasteiger partial charge is 0.478 e. The van der Waals surface area contributed by atoms with Gasteiger partial charge in [-0.1, -0.05) is 23.8 Å². The van der Waals surface area contributed by atoms with Gasteiger partial charge in [0.15, 0.2) is 5.11 Å². The maximum absolute atomic E-state index is 12.1. The molecule has 0 bridgehead atoms. The normalized spacial score (nSPS) is 10.0. The predicted octanol–water partition coefficient (Wildman–Crippen LogP) is 3.13. The van der Waals surface area contributed by atoms with Crippen molar-refractivity contribution in [2.45, 2.75) is 13.8 Å². The minimum absolute atomic E-state index is 0.113. The molecule has 0 heterocycles. The summed E-state index contributed by atoms with van der Waals surface area (Å²) in [7, 11) is 0. The first-order valence-corrected chi connectivity index (χ1v) is 7.30. The van der Waals surface area contributed by atoms with Crippen LogP contribution in [0.25, 0.3) is 0 Å². The van der Waals surface area contributed by atoms with Gasteiger partial charge in [0.25, 0.3) is 5.91 Å². The highest BCUT2D eigenvalue weighted by atomic mass is 32.1. The number of aryl methyl sites for hydroxylation is 2. The summed E-state index contributed by atoms with van der Waals surface area (Å²) in [4.78, 5) is 23.1. The van der Waals surface area contributed by atoms with E-state index in [2.05, 4.69) is 10.6 Å². The van der Waals surface area contributed by atoms with Gasteiger partial charge in [0.05, 0.1) is 5.56 Å². The standard InChI is InChI=1S/C17H16N2O3S/c1-10-4-3-5-12(8-10)15(20)19-17(23)18-14-9-13(16(21)22)7-6-11(14)2/h3-9H,1-2H3,(H,21,22)(H2,18,19,20,23). The van der Waals surface area contributed by atoms with Crippen molar-refractivity contribution >= 4 is 34.9 Å². The zero-order chi connectivity index (χ0) is 17.0. The summed E-state index contributed by atoms with van der Waals surface area (Å²) in [5.41, 5.74) is 2.99. The molecule has 0 radical (unpaired) electrons. The van der Waals surface area contributed by atoms with Crippen LogP contribution in [0, 0.1) is 13.8 Å². The molecule has 0 saturated heterocycles. The summed E-state index contributed by atoms with van der Waals surface area (Å²) in [5, 5.41) is 14.6. The molecule has 6 heteroatoms. The zero-order valence-corrected chi connectivity index (χ0v) is 13.5. The Morgan fingerprint density at radius 2 is 1.78 bits per heavy atom. The molecule has 23 heavy (non-hydrogen) atoms. The second kappa shape index (κ2) is 7.02. The first kappa shape index (κ1) is 16.6. The van der Waals surface area contributed by atoms with Crippen LogP contribution < -0.4 is 10.6 Å². The molecule has 0 atom stereocenters. The van der Waals surface area contributed by atoms with Crippen molar-refractivity contribution in [3.05, 3.63) is 64.7 Å². The van der Waals surface area contributed by atoms with Crippen molar-refractivity contribution in [2.75, 3.05) is 5.32 Å². The van der Waals surface area contributed by atoms with Gasteiger partial charge < -0.3 is 10.4 Å². The third kappa shape index (κ3) is 4.37. The Morgan fingerprint density at radius 3 is 2.43 bits per heavy atom. The highest BCUT2D eigenvalue weighted by Gasteiger charge is 2.10. The van der Waals surface area contributed by atoms with E-state index in [1.807, 2.05) is 19.9 Å².